The number of thiophene rings is 1. The van der Waals surface area contributed by atoms with Gasteiger partial charge in [0.15, 0.2) is 0 Å². The fraction of sp³-hybridized carbons (Fsp3) is 0.182. The molecule has 0 fully saturated rings. The zero-order chi connectivity index (χ0) is 18.8. The first-order valence-corrected chi connectivity index (χ1v) is 10.00. The van der Waals surface area contributed by atoms with Crippen molar-refractivity contribution in [3.8, 4) is 11.5 Å². The predicted molar refractivity (Wildman–Crippen MR) is 112 cm³/mol. The number of hydrogen-bond donors (Lipinski definition) is 1. The Hall–Kier alpha value is -2.43. The van der Waals surface area contributed by atoms with Gasteiger partial charge in [-0.3, -0.25) is 0 Å². The number of ether oxygens (including phenoxy) is 2. The molecule has 0 spiro atoms. The molecule has 27 heavy (non-hydrogen) atoms. The molecule has 0 aliphatic rings. The smallest absolute Gasteiger partial charge is 0.138 e. The Bertz CT molecular complexity index is 1080. The van der Waals surface area contributed by atoms with Crippen molar-refractivity contribution < 1.29 is 9.47 Å². The molecule has 0 amide bonds. The second-order valence-electron chi connectivity index (χ2n) is 6.62. The Morgan fingerprint density at radius 3 is 2.70 bits per heavy atom. The van der Waals surface area contributed by atoms with Gasteiger partial charge in [-0.25, -0.2) is 0 Å². The third-order valence-corrected chi connectivity index (χ3v) is 5.68. The number of halogens is 1. The Kier molecular flexibility index (Phi) is 5.10. The Labute approximate surface area is 167 Å². The van der Waals surface area contributed by atoms with Crippen LogP contribution in [0.2, 0.25) is 5.02 Å². The van der Waals surface area contributed by atoms with Crippen molar-refractivity contribution in [2.24, 2.45) is 0 Å². The minimum Gasteiger partial charge on any atom is -0.488 e. The normalized spacial score (nSPS) is 11.1. The van der Waals surface area contributed by atoms with E-state index < -0.39 is 0 Å². The molecule has 1 N–H and O–H groups in total. The largest absolute Gasteiger partial charge is 0.488 e. The molecule has 5 heteroatoms. The van der Waals surface area contributed by atoms with E-state index in [-0.39, 0.29) is 0 Å². The van der Waals surface area contributed by atoms with E-state index in [1.807, 2.05) is 31.3 Å². The number of hydrogen-bond acceptors (Lipinski definition) is 3. The van der Waals surface area contributed by atoms with Gasteiger partial charge in [0, 0.05) is 27.5 Å². The molecular formula is C22H20ClNO2S. The summed E-state index contributed by atoms with van der Waals surface area (Å²) in [7, 11) is 0. The van der Waals surface area contributed by atoms with Crippen LogP contribution in [-0.2, 0) is 13.2 Å². The highest BCUT2D eigenvalue weighted by Gasteiger charge is 2.07. The van der Waals surface area contributed by atoms with Gasteiger partial charge in [-0.15, -0.1) is 11.3 Å². The molecule has 2 heterocycles. The minimum atomic E-state index is 0.494. The summed E-state index contributed by atoms with van der Waals surface area (Å²) >= 11 is 7.87. The number of aromatic amines is 1. The Morgan fingerprint density at radius 1 is 0.963 bits per heavy atom. The van der Waals surface area contributed by atoms with Crippen molar-refractivity contribution in [2.45, 2.75) is 27.1 Å². The van der Waals surface area contributed by atoms with Crippen LogP contribution in [0.5, 0.6) is 11.5 Å². The van der Waals surface area contributed by atoms with Crippen LogP contribution >= 0.6 is 22.9 Å². The number of fused-ring (bicyclic) bond motifs is 1. The van der Waals surface area contributed by atoms with E-state index in [1.54, 1.807) is 11.3 Å². The molecule has 0 aliphatic carbocycles. The van der Waals surface area contributed by atoms with Crippen LogP contribution in [0.1, 0.15) is 21.6 Å². The molecule has 138 valence electrons. The molecule has 0 aliphatic heterocycles. The van der Waals surface area contributed by atoms with E-state index in [1.165, 1.54) is 0 Å². The third kappa shape index (κ3) is 4.12. The zero-order valence-electron chi connectivity index (χ0n) is 15.2. The van der Waals surface area contributed by atoms with Gasteiger partial charge in [0.05, 0.1) is 5.02 Å². The second-order valence-corrected chi connectivity index (χ2v) is 8.02. The summed E-state index contributed by atoms with van der Waals surface area (Å²) in [5.74, 6) is 1.64. The molecule has 2 aromatic heterocycles. The molecule has 4 aromatic rings. The van der Waals surface area contributed by atoms with Crippen molar-refractivity contribution in [3.63, 3.8) is 0 Å². The van der Waals surface area contributed by atoms with Gasteiger partial charge in [0.2, 0.25) is 0 Å². The van der Waals surface area contributed by atoms with Crippen molar-refractivity contribution >= 4 is 33.8 Å². The van der Waals surface area contributed by atoms with Crippen LogP contribution in [0.15, 0.2) is 54.0 Å². The van der Waals surface area contributed by atoms with E-state index in [0.29, 0.717) is 18.2 Å². The standard InChI is InChI=1S/C22H20ClNO2S/c1-14-3-4-19(23)22(7-14)25-11-16-9-18(27-13-16)12-26-21-10-17-5-6-24-20(17)8-15(21)2/h3-10,13,24H,11-12H2,1-2H3. The summed E-state index contributed by atoms with van der Waals surface area (Å²) in [6.07, 6.45) is 1.94. The topological polar surface area (TPSA) is 34.2 Å². The van der Waals surface area contributed by atoms with Crippen LogP contribution in [0, 0.1) is 13.8 Å². The average Bonchev–Trinajstić information content (AvgIpc) is 3.29. The number of rotatable bonds is 6. The first-order chi connectivity index (χ1) is 13.1. The number of H-pyrrole nitrogens is 1. The van der Waals surface area contributed by atoms with Crippen LogP contribution in [0.3, 0.4) is 0 Å². The summed E-state index contributed by atoms with van der Waals surface area (Å²) in [5, 5.41) is 3.89. The lowest BCUT2D eigenvalue weighted by molar-refractivity contribution is 0.302. The number of benzene rings is 2. The van der Waals surface area contributed by atoms with Crippen LogP contribution in [0.4, 0.5) is 0 Å². The molecule has 2 aromatic carbocycles. The van der Waals surface area contributed by atoms with E-state index in [9.17, 15) is 0 Å². The first-order valence-electron chi connectivity index (χ1n) is 8.74. The van der Waals surface area contributed by atoms with E-state index in [0.717, 1.165) is 44.0 Å². The summed E-state index contributed by atoms with van der Waals surface area (Å²) in [5.41, 5.74) is 4.50. The highest BCUT2D eigenvalue weighted by molar-refractivity contribution is 7.10. The summed E-state index contributed by atoms with van der Waals surface area (Å²) in [6, 6.07) is 14.2. The third-order valence-electron chi connectivity index (χ3n) is 4.41. The summed E-state index contributed by atoms with van der Waals surface area (Å²) < 4.78 is 11.9. The van der Waals surface area contributed by atoms with Gasteiger partial charge in [0.1, 0.15) is 24.7 Å². The molecule has 3 nitrogen and oxygen atoms in total. The Morgan fingerprint density at radius 2 is 1.81 bits per heavy atom. The molecular weight excluding hydrogens is 378 g/mol. The van der Waals surface area contributed by atoms with Gasteiger partial charge >= 0.3 is 0 Å². The lowest BCUT2D eigenvalue weighted by Crippen LogP contribution is -1.96. The fourth-order valence-corrected chi connectivity index (χ4v) is 3.91. The number of nitrogens with one attached hydrogen (secondary N) is 1. The summed E-state index contributed by atoms with van der Waals surface area (Å²) in [6.45, 7) is 5.13. The maximum atomic E-state index is 6.19. The van der Waals surface area contributed by atoms with Crippen molar-refractivity contribution in [1.82, 2.24) is 4.98 Å². The van der Waals surface area contributed by atoms with Crippen molar-refractivity contribution in [1.29, 1.82) is 0 Å². The maximum absolute atomic E-state index is 6.19. The van der Waals surface area contributed by atoms with E-state index >= 15 is 0 Å². The lowest BCUT2D eigenvalue weighted by atomic mass is 10.1. The zero-order valence-corrected chi connectivity index (χ0v) is 16.8. The predicted octanol–water partition coefficient (Wildman–Crippen LogP) is 6.66. The molecule has 0 radical (unpaired) electrons. The van der Waals surface area contributed by atoms with Gasteiger partial charge in [-0.2, -0.15) is 0 Å². The highest BCUT2D eigenvalue weighted by Crippen LogP contribution is 2.28. The molecule has 0 unspecified atom stereocenters. The summed E-state index contributed by atoms with van der Waals surface area (Å²) in [4.78, 5) is 4.39. The minimum absolute atomic E-state index is 0.494. The van der Waals surface area contributed by atoms with Gasteiger partial charge < -0.3 is 14.5 Å². The maximum Gasteiger partial charge on any atom is 0.138 e. The second kappa shape index (κ2) is 7.67. The van der Waals surface area contributed by atoms with Gasteiger partial charge in [-0.05, 0) is 66.8 Å². The number of aryl methyl sites for hydroxylation is 2. The van der Waals surface area contributed by atoms with Gasteiger partial charge in [0.25, 0.3) is 0 Å². The quantitative estimate of drug-likeness (QED) is 0.394. The molecule has 4 rings (SSSR count). The average molecular weight is 398 g/mol. The first kappa shape index (κ1) is 18.0. The SMILES string of the molecule is Cc1ccc(Cl)c(OCc2csc(COc3cc4cc[nH]c4cc3C)c2)c1. The van der Waals surface area contributed by atoms with E-state index in [4.69, 9.17) is 21.1 Å². The van der Waals surface area contributed by atoms with Gasteiger partial charge in [-0.1, -0.05) is 17.7 Å². The molecule has 0 saturated carbocycles. The van der Waals surface area contributed by atoms with Crippen molar-refractivity contribution in [2.75, 3.05) is 0 Å². The van der Waals surface area contributed by atoms with E-state index in [2.05, 4.69) is 41.6 Å². The molecule has 0 atom stereocenters. The van der Waals surface area contributed by atoms with Crippen LogP contribution in [-0.4, -0.2) is 4.98 Å². The number of aromatic nitrogens is 1. The monoisotopic (exact) mass is 397 g/mol. The molecule has 0 saturated heterocycles. The highest BCUT2D eigenvalue weighted by atomic mass is 35.5. The van der Waals surface area contributed by atoms with Crippen LogP contribution in [0.25, 0.3) is 10.9 Å². The lowest BCUT2D eigenvalue weighted by Gasteiger charge is -2.09. The Balaban J connectivity index is 1.39. The van der Waals surface area contributed by atoms with Crippen LogP contribution < -0.4 is 9.47 Å². The fourth-order valence-electron chi connectivity index (χ4n) is 2.95. The molecule has 0 bridgehead atoms. The van der Waals surface area contributed by atoms with Crippen molar-refractivity contribution in [3.05, 3.63) is 80.6 Å².